The van der Waals surface area contributed by atoms with Crippen molar-refractivity contribution in [2.45, 2.75) is 64.6 Å². The van der Waals surface area contributed by atoms with E-state index in [4.69, 9.17) is 16.6 Å². The third kappa shape index (κ3) is 4.33. The minimum atomic E-state index is 0.0746. The summed E-state index contributed by atoms with van der Waals surface area (Å²) in [5.74, 6) is 2.00. The van der Waals surface area contributed by atoms with E-state index in [-0.39, 0.29) is 5.54 Å². The Morgan fingerprint density at radius 3 is 2.52 bits per heavy atom. The highest BCUT2D eigenvalue weighted by molar-refractivity contribution is 6.31. The van der Waals surface area contributed by atoms with E-state index in [9.17, 15) is 0 Å². The van der Waals surface area contributed by atoms with Gasteiger partial charge >= 0.3 is 0 Å². The van der Waals surface area contributed by atoms with Crippen LogP contribution in [0.2, 0.25) is 5.02 Å². The van der Waals surface area contributed by atoms with Crippen LogP contribution in [0.25, 0.3) is 0 Å². The maximum Gasteiger partial charge on any atom is 0.129 e. The van der Waals surface area contributed by atoms with E-state index in [1.165, 1.54) is 32.2 Å². The van der Waals surface area contributed by atoms with Crippen LogP contribution in [0.3, 0.4) is 0 Å². The van der Waals surface area contributed by atoms with Crippen molar-refractivity contribution in [3.63, 3.8) is 0 Å². The lowest BCUT2D eigenvalue weighted by Crippen LogP contribution is -2.35. The fraction of sp³-hybridized carbons (Fsp3) is 0.706. The highest BCUT2D eigenvalue weighted by Gasteiger charge is 2.34. The Hall–Kier alpha value is -0.800. The predicted molar refractivity (Wildman–Crippen MR) is 88.9 cm³/mol. The Bertz CT molecular complexity index is 501. The number of halogens is 1. The van der Waals surface area contributed by atoms with Gasteiger partial charge in [-0.1, -0.05) is 11.6 Å². The van der Waals surface area contributed by atoms with Crippen LogP contribution in [0.5, 0.6) is 0 Å². The van der Waals surface area contributed by atoms with Gasteiger partial charge in [-0.3, -0.25) is 0 Å². The summed E-state index contributed by atoms with van der Waals surface area (Å²) in [6, 6.07) is 4.80. The minimum Gasteiger partial charge on any atom is -0.353 e. The monoisotopic (exact) mass is 307 g/mol. The van der Waals surface area contributed by atoms with Crippen LogP contribution < -0.4 is 10.2 Å². The number of hydrogen-bond acceptors (Lipinski definition) is 3. The Labute approximate surface area is 133 Å². The van der Waals surface area contributed by atoms with Crippen LogP contribution in [0.1, 0.15) is 52.1 Å². The molecule has 0 bridgehead atoms. The van der Waals surface area contributed by atoms with Crippen LogP contribution >= 0.6 is 11.6 Å². The molecule has 0 unspecified atom stereocenters. The van der Waals surface area contributed by atoms with Gasteiger partial charge in [0.25, 0.3) is 0 Å². The van der Waals surface area contributed by atoms with Crippen LogP contribution in [-0.4, -0.2) is 23.1 Å². The normalized spacial score (nSPS) is 18.9. The third-order valence-corrected chi connectivity index (χ3v) is 4.47. The first-order chi connectivity index (χ1) is 9.92. The van der Waals surface area contributed by atoms with Gasteiger partial charge in [0.05, 0.1) is 10.7 Å². The molecule has 3 nitrogen and oxygen atoms in total. The molecule has 0 amide bonds. The van der Waals surface area contributed by atoms with E-state index in [0.717, 1.165) is 29.0 Å². The Kier molecular flexibility index (Phi) is 4.15. The predicted octanol–water partition coefficient (Wildman–Crippen LogP) is 4.00. The number of anilines is 1. The zero-order valence-electron chi connectivity index (χ0n) is 13.3. The average molecular weight is 308 g/mol. The first-order valence-corrected chi connectivity index (χ1v) is 8.47. The maximum absolute atomic E-state index is 6.32. The summed E-state index contributed by atoms with van der Waals surface area (Å²) < 4.78 is 0. The van der Waals surface area contributed by atoms with Gasteiger partial charge in [0.2, 0.25) is 0 Å². The van der Waals surface area contributed by atoms with Crippen molar-refractivity contribution in [1.29, 1.82) is 0 Å². The molecule has 0 spiro atoms. The fourth-order valence-electron chi connectivity index (χ4n) is 2.50. The van der Waals surface area contributed by atoms with Gasteiger partial charge in [-0.2, -0.15) is 0 Å². The number of rotatable bonds is 6. The van der Waals surface area contributed by atoms with Crippen molar-refractivity contribution in [1.82, 2.24) is 10.3 Å². The summed E-state index contributed by atoms with van der Waals surface area (Å²) in [5, 5.41) is 4.24. The molecule has 2 saturated carbocycles. The molecule has 0 radical (unpaired) electrons. The van der Waals surface area contributed by atoms with Crippen molar-refractivity contribution < 1.29 is 0 Å². The molecule has 0 atom stereocenters. The molecule has 4 heteroatoms. The molecule has 1 aromatic rings. The van der Waals surface area contributed by atoms with Crippen LogP contribution in [0, 0.1) is 5.92 Å². The van der Waals surface area contributed by atoms with Crippen molar-refractivity contribution in [2.75, 3.05) is 11.4 Å². The Morgan fingerprint density at radius 2 is 1.95 bits per heavy atom. The zero-order chi connectivity index (χ0) is 15.0. The van der Waals surface area contributed by atoms with Crippen LogP contribution in [0.4, 0.5) is 5.82 Å². The Balaban J connectivity index is 1.74. The van der Waals surface area contributed by atoms with Crippen molar-refractivity contribution >= 4 is 17.4 Å². The number of hydrogen-bond donors (Lipinski definition) is 1. The van der Waals surface area contributed by atoms with Crippen molar-refractivity contribution in [2.24, 2.45) is 5.92 Å². The fourth-order valence-corrected chi connectivity index (χ4v) is 2.67. The molecule has 2 fully saturated rings. The van der Waals surface area contributed by atoms with Crippen molar-refractivity contribution in [3.05, 3.63) is 22.8 Å². The van der Waals surface area contributed by atoms with Gasteiger partial charge in [-0.05, 0) is 64.5 Å². The van der Waals surface area contributed by atoms with Gasteiger partial charge in [-0.15, -0.1) is 0 Å². The lowest BCUT2D eigenvalue weighted by Gasteiger charge is -2.25. The van der Waals surface area contributed by atoms with E-state index in [0.29, 0.717) is 6.04 Å². The molecule has 3 rings (SSSR count). The van der Waals surface area contributed by atoms with Crippen LogP contribution in [-0.2, 0) is 6.54 Å². The molecule has 1 heterocycles. The second-order valence-electron chi connectivity index (χ2n) is 7.53. The topological polar surface area (TPSA) is 28.2 Å². The average Bonchev–Trinajstić information content (AvgIpc) is 3.26. The van der Waals surface area contributed by atoms with E-state index in [1.54, 1.807) is 0 Å². The highest BCUT2D eigenvalue weighted by Crippen LogP contribution is 2.37. The van der Waals surface area contributed by atoms with Gasteiger partial charge in [0.15, 0.2) is 0 Å². The summed E-state index contributed by atoms with van der Waals surface area (Å²) in [7, 11) is 0. The summed E-state index contributed by atoms with van der Waals surface area (Å²) in [5.41, 5.74) is 1.04. The van der Waals surface area contributed by atoms with E-state index >= 15 is 0 Å². The lowest BCUT2D eigenvalue weighted by molar-refractivity contribution is 0.421. The zero-order valence-corrected chi connectivity index (χ0v) is 14.1. The second-order valence-corrected chi connectivity index (χ2v) is 7.94. The Morgan fingerprint density at radius 1 is 1.24 bits per heavy atom. The SMILES string of the molecule is CC(C)(C)NCc1nc(N(CC2CC2)C2CC2)ccc1Cl. The quantitative estimate of drug-likeness (QED) is 0.861. The molecule has 0 aromatic carbocycles. The highest BCUT2D eigenvalue weighted by atomic mass is 35.5. The molecule has 2 aliphatic rings. The molecular formula is C17H26ClN3. The molecule has 2 aliphatic carbocycles. The number of nitrogens with one attached hydrogen (secondary N) is 1. The third-order valence-electron chi connectivity index (χ3n) is 4.12. The lowest BCUT2D eigenvalue weighted by atomic mass is 10.1. The second kappa shape index (κ2) is 5.77. The van der Waals surface area contributed by atoms with E-state index in [1.807, 2.05) is 6.07 Å². The smallest absolute Gasteiger partial charge is 0.129 e. The summed E-state index contributed by atoms with van der Waals surface area (Å²) in [6.07, 6.45) is 5.39. The van der Waals surface area contributed by atoms with Gasteiger partial charge < -0.3 is 10.2 Å². The molecular weight excluding hydrogens is 282 g/mol. The number of nitrogens with zero attached hydrogens (tertiary/aromatic N) is 2. The molecule has 0 aliphatic heterocycles. The van der Waals surface area contributed by atoms with Crippen molar-refractivity contribution in [3.8, 4) is 0 Å². The first kappa shape index (κ1) is 15.1. The summed E-state index contributed by atoms with van der Waals surface area (Å²) in [6.45, 7) is 8.38. The molecule has 21 heavy (non-hydrogen) atoms. The molecule has 0 saturated heterocycles. The maximum atomic E-state index is 6.32. The van der Waals surface area contributed by atoms with Gasteiger partial charge in [-0.25, -0.2) is 4.98 Å². The van der Waals surface area contributed by atoms with E-state index < -0.39 is 0 Å². The minimum absolute atomic E-state index is 0.0746. The van der Waals surface area contributed by atoms with Gasteiger partial charge in [0.1, 0.15) is 5.82 Å². The first-order valence-electron chi connectivity index (χ1n) is 8.09. The molecule has 1 aromatic heterocycles. The van der Waals surface area contributed by atoms with Crippen LogP contribution in [0.15, 0.2) is 12.1 Å². The number of aromatic nitrogens is 1. The summed E-state index contributed by atoms with van der Waals surface area (Å²) >= 11 is 6.32. The largest absolute Gasteiger partial charge is 0.353 e. The van der Waals surface area contributed by atoms with E-state index in [2.05, 4.69) is 37.1 Å². The van der Waals surface area contributed by atoms with Gasteiger partial charge in [0, 0.05) is 24.7 Å². The number of pyridine rings is 1. The standard InChI is InChI=1S/C17H26ClN3/c1-17(2,3)19-10-15-14(18)8-9-16(20-15)21(13-6-7-13)11-12-4-5-12/h8-9,12-13,19H,4-7,10-11H2,1-3H3. The molecule has 116 valence electrons. The molecule has 1 N–H and O–H groups in total. The summed E-state index contributed by atoms with van der Waals surface area (Å²) in [4.78, 5) is 7.36.